The van der Waals surface area contributed by atoms with Crippen LogP contribution < -0.4 is 10.1 Å². The first-order valence-corrected chi connectivity index (χ1v) is 8.62. The Balaban J connectivity index is 2.12. The highest BCUT2D eigenvalue weighted by Crippen LogP contribution is 2.31. The molecule has 27 heavy (non-hydrogen) atoms. The molecule has 0 aliphatic heterocycles. The first kappa shape index (κ1) is 20.4. The molecule has 142 valence electrons. The number of hydrogen-bond acceptors (Lipinski definition) is 5. The van der Waals surface area contributed by atoms with E-state index in [4.69, 9.17) is 16.3 Å². The van der Waals surface area contributed by atoms with Crippen LogP contribution in [0.2, 0.25) is 5.02 Å². The molecule has 2 aromatic rings. The van der Waals surface area contributed by atoms with Gasteiger partial charge in [0.1, 0.15) is 0 Å². The van der Waals surface area contributed by atoms with Gasteiger partial charge in [-0.05, 0) is 43.3 Å². The number of rotatable bonds is 7. The molecule has 2 rings (SSSR count). The van der Waals surface area contributed by atoms with Crippen LogP contribution in [-0.2, 0) is 4.79 Å². The van der Waals surface area contributed by atoms with Gasteiger partial charge in [-0.15, -0.1) is 0 Å². The molecule has 0 aliphatic carbocycles. The van der Waals surface area contributed by atoms with Crippen molar-refractivity contribution in [2.75, 3.05) is 5.32 Å². The minimum absolute atomic E-state index is 0.0360. The molecule has 1 atom stereocenters. The summed E-state index contributed by atoms with van der Waals surface area (Å²) in [5.41, 5.74) is 0.628. The lowest BCUT2D eigenvalue weighted by atomic mass is 10.1. The second kappa shape index (κ2) is 8.64. The number of amides is 1. The quantitative estimate of drug-likeness (QED) is 0.426. The average molecular weight is 391 g/mol. The molecule has 2 aromatic carbocycles. The maximum atomic E-state index is 12.5. The normalized spacial score (nSPS) is 11.7. The summed E-state index contributed by atoms with van der Waals surface area (Å²) in [7, 11) is 0. The van der Waals surface area contributed by atoms with Gasteiger partial charge in [0.25, 0.3) is 0 Å². The van der Waals surface area contributed by atoms with Crippen molar-refractivity contribution < 1.29 is 19.2 Å². The van der Waals surface area contributed by atoms with E-state index < -0.39 is 11.0 Å². The number of anilines is 1. The van der Waals surface area contributed by atoms with E-state index in [9.17, 15) is 19.7 Å². The summed E-state index contributed by atoms with van der Waals surface area (Å²) in [6, 6.07) is 10.3. The molecule has 0 aromatic heterocycles. The van der Waals surface area contributed by atoms with Crippen molar-refractivity contribution in [1.29, 1.82) is 0 Å². The molecule has 0 aliphatic rings. The maximum absolute atomic E-state index is 12.5. The monoisotopic (exact) mass is 390 g/mol. The number of halogens is 1. The molecule has 0 saturated carbocycles. The van der Waals surface area contributed by atoms with Gasteiger partial charge < -0.3 is 10.1 Å². The van der Waals surface area contributed by atoms with Crippen molar-refractivity contribution in [2.45, 2.75) is 26.9 Å². The summed E-state index contributed by atoms with van der Waals surface area (Å²) < 4.78 is 5.48. The van der Waals surface area contributed by atoms with Crippen LogP contribution >= 0.6 is 11.6 Å². The maximum Gasteiger partial charge on any atom is 0.312 e. The molecule has 0 unspecified atom stereocenters. The number of nitro groups is 1. The number of Topliss-reactive ketones (excluding diaryl/α,β-unsaturated/α-hetero) is 1. The van der Waals surface area contributed by atoms with Crippen molar-refractivity contribution in [2.24, 2.45) is 5.92 Å². The number of nitro benzene ring substituents is 1. The van der Waals surface area contributed by atoms with Crippen LogP contribution in [0.5, 0.6) is 5.75 Å². The zero-order valence-electron chi connectivity index (χ0n) is 15.1. The van der Waals surface area contributed by atoms with E-state index in [0.717, 1.165) is 0 Å². The summed E-state index contributed by atoms with van der Waals surface area (Å²) in [4.78, 5) is 34.7. The van der Waals surface area contributed by atoms with Crippen LogP contribution in [0.4, 0.5) is 11.4 Å². The van der Waals surface area contributed by atoms with Gasteiger partial charge in [-0.25, -0.2) is 0 Å². The van der Waals surface area contributed by atoms with Gasteiger partial charge in [0.2, 0.25) is 11.7 Å². The Morgan fingerprint density at radius 3 is 2.30 bits per heavy atom. The van der Waals surface area contributed by atoms with Gasteiger partial charge in [-0.2, -0.15) is 0 Å². The van der Waals surface area contributed by atoms with Crippen LogP contribution in [0.1, 0.15) is 31.1 Å². The van der Waals surface area contributed by atoms with E-state index in [0.29, 0.717) is 11.3 Å². The highest BCUT2D eigenvalue weighted by molar-refractivity contribution is 6.30. The Hall–Kier alpha value is -2.93. The summed E-state index contributed by atoms with van der Waals surface area (Å²) >= 11 is 5.77. The van der Waals surface area contributed by atoms with E-state index in [1.165, 1.54) is 25.1 Å². The number of nitrogens with one attached hydrogen (secondary N) is 1. The second-order valence-electron chi connectivity index (χ2n) is 6.21. The van der Waals surface area contributed by atoms with E-state index >= 15 is 0 Å². The van der Waals surface area contributed by atoms with Crippen LogP contribution in [0.15, 0.2) is 42.5 Å². The van der Waals surface area contributed by atoms with Gasteiger partial charge in [-0.1, -0.05) is 25.4 Å². The third-order valence-corrected chi connectivity index (χ3v) is 3.99. The number of carbonyl (C=O) groups excluding carboxylic acids is 2. The predicted octanol–water partition coefficient (Wildman–Crippen LogP) is 4.49. The average Bonchev–Trinajstić information content (AvgIpc) is 2.62. The fourth-order valence-electron chi connectivity index (χ4n) is 2.22. The topological polar surface area (TPSA) is 98.5 Å². The number of ether oxygens (including phenoxy) is 1. The van der Waals surface area contributed by atoms with Crippen molar-refractivity contribution in [1.82, 2.24) is 0 Å². The Kier molecular flexibility index (Phi) is 6.52. The molecule has 1 N–H and O–H groups in total. The summed E-state index contributed by atoms with van der Waals surface area (Å²) in [5, 5.41) is 14.1. The molecular formula is C19H19ClN2O5. The number of benzene rings is 2. The number of carbonyl (C=O) groups is 2. The number of hydrogen-bond donors (Lipinski definition) is 1. The van der Waals surface area contributed by atoms with Crippen molar-refractivity contribution >= 4 is 34.7 Å². The molecule has 8 heteroatoms. The highest BCUT2D eigenvalue weighted by atomic mass is 35.5. The lowest BCUT2D eigenvalue weighted by Crippen LogP contribution is -2.24. The van der Waals surface area contributed by atoms with E-state index in [1.807, 2.05) is 0 Å². The largest absolute Gasteiger partial charge is 0.475 e. The van der Waals surface area contributed by atoms with E-state index in [1.54, 1.807) is 38.1 Å². The standard InChI is InChI=1S/C19H19ClN2O5/c1-11(2)19(24)21-15-7-4-13(5-8-15)18(23)12(3)27-17-9-6-14(20)10-16(17)22(25)26/h4-12H,1-3H3,(H,21,24)/t12-/m0/s1. The Morgan fingerprint density at radius 1 is 1.11 bits per heavy atom. The van der Waals surface area contributed by atoms with Gasteiger partial charge in [0.15, 0.2) is 11.9 Å². The molecule has 0 bridgehead atoms. The molecule has 0 saturated heterocycles. The molecule has 7 nitrogen and oxygen atoms in total. The molecule has 0 radical (unpaired) electrons. The predicted molar refractivity (Wildman–Crippen MR) is 102 cm³/mol. The van der Waals surface area contributed by atoms with Gasteiger partial charge in [0, 0.05) is 28.3 Å². The third kappa shape index (κ3) is 5.27. The third-order valence-electron chi connectivity index (χ3n) is 3.75. The van der Waals surface area contributed by atoms with E-state index in [2.05, 4.69) is 5.32 Å². The van der Waals surface area contributed by atoms with E-state index in [-0.39, 0.29) is 34.1 Å². The minimum atomic E-state index is -0.944. The van der Waals surface area contributed by atoms with Crippen molar-refractivity contribution in [3.63, 3.8) is 0 Å². The van der Waals surface area contributed by atoms with Gasteiger partial charge in [-0.3, -0.25) is 19.7 Å². The molecule has 1 amide bonds. The number of nitrogens with zero attached hydrogens (tertiary/aromatic N) is 1. The first-order valence-electron chi connectivity index (χ1n) is 8.24. The lowest BCUT2D eigenvalue weighted by Gasteiger charge is -2.14. The van der Waals surface area contributed by atoms with Crippen LogP contribution in [0.3, 0.4) is 0 Å². The Morgan fingerprint density at radius 2 is 1.74 bits per heavy atom. The minimum Gasteiger partial charge on any atom is -0.475 e. The summed E-state index contributed by atoms with van der Waals surface area (Å²) in [6.07, 6.45) is -0.944. The molecular weight excluding hydrogens is 372 g/mol. The fourth-order valence-corrected chi connectivity index (χ4v) is 2.38. The molecule has 0 fully saturated rings. The second-order valence-corrected chi connectivity index (χ2v) is 6.65. The highest BCUT2D eigenvalue weighted by Gasteiger charge is 2.22. The number of ketones is 1. The smallest absolute Gasteiger partial charge is 0.312 e. The lowest BCUT2D eigenvalue weighted by molar-refractivity contribution is -0.386. The van der Waals surface area contributed by atoms with Crippen LogP contribution in [0.25, 0.3) is 0 Å². The summed E-state index contributed by atoms with van der Waals surface area (Å²) in [6.45, 7) is 5.07. The molecule has 0 spiro atoms. The van der Waals surface area contributed by atoms with Gasteiger partial charge in [0.05, 0.1) is 4.92 Å². The zero-order chi connectivity index (χ0) is 20.1. The SMILES string of the molecule is CC(C)C(=O)Nc1ccc(C(=O)[C@H](C)Oc2ccc(Cl)cc2[N+](=O)[O-])cc1. The Labute approximate surface area is 161 Å². The molecule has 0 heterocycles. The first-order chi connectivity index (χ1) is 12.7. The Bertz CT molecular complexity index is 865. The van der Waals surface area contributed by atoms with Crippen molar-refractivity contribution in [3.05, 3.63) is 63.2 Å². The summed E-state index contributed by atoms with van der Waals surface area (Å²) in [5.74, 6) is -0.664. The van der Waals surface area contributed by atoms with Gasteiger partial charge >= 0.3 is 5.69 Å². The van der Waals surface area contributed by atoms with Crippen molar-refractivity contribution in [3.8, 4) is 5.75 Å². The fraction of sp³-hybridized carbons (Fsp3) is 0.263. The van der Waals surface area contributed by atoms with Crippen LogP contribution in [0, 0.1) is 16.0 Å². The zero-order valence-corrected chi connectivity index (χ0v) is 15.8. The van der Waals surface area contributed by atoms with Crippen LogP contribution in [-0.4, -0.2) is 22.7 Å².